The van der Waals surface area contributed by atoms with Crippen molar-refractivity contribution in [3.8, 4) is 0 Å². The zero-order valence-corrected chi connectivity index (χ0v) is 10.4. The number of amides is 1. The predicted octanol–water partition coefficient (Wildman–Crippen LogP) is 2.85. The van der Waals surface area contributed by atoms with E-state index in [9.17, 15) is 14.9 Å². The quantitative estimate of drug-likeness (QED) is 0.633. The Morgan fingerprint density at radius 2 is 1.94 bits per heavy atom. The van der Waals surface area contributed by atoms with E-state index in [-0.39, 0.29) is 17.0 Å². The molecule has 0 fully saturated rings. The minimum Gasteiger partial charge on any atom is -0.326 e. The van der Waals surface area contributed by atoms with Gasteiger partial charge in [-0.15, -0.1) is 0 Å². The van der Waals surface area contributed by atoms with Crippen molar-refractivity contribution in [3.05, 3.63) is 33.9 Å². The smallest absolute Gasteiger partial charge is 0.275 e. The molecule has 1 aromatic carbocycles. The lowest BCUT2D eigenvalue weighted by atomic mass is 9.85. The summed E-state index contributed by atoms with van der Waals surface area (Å²) in [6.45, 7) is 7.09. The maximum Gasteiger partial charge on any atom is 0.275 e. The zero-order valence-electron chi connectivity index (χ0n) is 10.4. The summed E-state index contributed by atoms with van der Waals surface area (Å²) in [6, 6.07) is 4.75. The van der Waals surface area contributed by atoms with Gasteiger partial charge in [-0.2, -0.15) is 0 Å². The Kier molecular flexibility index (Phi) is 3.50. The van der Waals surface area contributed by atoms with Crippen LogP contribution in [-0.2, 0) is 10.2 Å². The molecule has 0 saturated heterocycles. The van der Waals surface area contributed by atoms with Gasteiger partial charge in [-0.05, 0) is 17.5 Å². The third kappa shape index (κ3) is 3.27. The van der Waals surface area contributed by atoms with Crippen LogP contribution >= 0.6 is 0 Å². The number of benzene rings is 1. The van der Waals surface area contributed by atoms with E-state index in [1.165, 1.54) is 13.0 Å². The van der Waals surface area contributed by atoms with Gasteiger partial charge in [0, 0.05) is 24.2 Å². The Bertz CT molecular complexity index is 461. The van der Waals surface area contributed by atoms with Gasteiger partial charge in [-0.25, -0.2) is 0 Å². The number of nitrogens with zero attached hydrogens (tertiary/aromatic N) is 1. The summed E-state index contributed by atoms with van der Waals surface area (Å²) in [4.78, 5) is 21.5. The first-order valence-corrected chi connectivity index (χ1v) is 5.28. The Morgan fingerprint density at radius 1 is 1.35 bits per heavy atom. The van der Waals surface area contributed by atoms with Crippen molar-refractivity contribution in [2.45, 2.75) is 33.1 Å². The maximum atomic E-state index is 11.0. The van der Waals surface area contributed by atoms with Crippen LogP contribution in [0.4, 0.5) is 11.4 Å². The molecule has 5 heteroatoms. The summed E-state index contributed by atoms with van der Waals surface area (Å²) >= 11 is 0. The summed E-state index contributed by atoms with van der Waals surface area (Å²) < 4.78 is 0. The molecule has 17 heavy (non-hydrogen) atoms. The standard InChI is InChI=1S/C12H16N2O3/c1-8(15)13-9-5-6-10(12(2,3)4)11(7-9)14(16)17/h5-7H,1-4H3,(H,13,15). The summed E-state index contributed by atoms with van der Waals surface area (Å²) in [5.74, 6) is -0.247. The molecule has 0 spiro atoms. The second-order valence-electron chi connectivity index (χ2n) is 4.92. The summed E-state index contributed by atoms with van der Waals surface area (Å²) in [7, 11) is 0. The Morgan fingerprint density at radius 3 is 2.35 bits per heavy atom. The van der Waals surface area contributed by atoms with Gasteiger partial charge >= 0.3 is 0 Å². The van der Waals surface area contributed by atoms with Crippen molar-refractivity contribution in [3.63, 3.8) is 0 Å². The van der Waals surface area contributed by atoms with Crippen molar-refractivity contribution in [2.24, 2.45) is 0 Å². The molecule has 0 aliphatic carbocycles. The number of anilines is 1. The fraction of sp³-hybridized carbons (Fsp3) is 0.417. The van der Waals surface area contributed by atoms with Gasteiger partial charge in [0.2, 0.25) is 5.91 Å². The molecule has 1 N–H and O–H groups in total. The number of carbonyl (C=O) groups is 1. The minimum atomic E-state index is -0.425. The molecule has 0 radical (unpaired) electrons. The topological polar surface area (TPSA) is 72.2 Å². The zero-order chi connectivity index (χ0) is 13.2. The van der Waals surface area contributed by atoms with E-state index in [4.69, 9.17) is 0 Å². The van der Waals surface area contributed by atoms with Crippen LogP contribution in [0, 0.1) is 10.1 Å². The van der Waals surface area contributed by atoms with E-state index in [2.05, 4.69) is 5.32 Å². The van der Waals surface area contributed by atoms with Gasteiger partial charge < -0.3 is 5.32 Å². The van der Waals surface area contributed by atoms with Crippen molar-refractivity contribution < 1.29 is 9.72 Å². The maximum absolute atomic E-state index is 11.0. The molecule has 0 heterocycles. The van der Waals surface area contributed by atoms with Crippen LogP contribution < -0.4 is 5.32 Å². The summed E-state index contributed by atoms with van der Waals surface area (Å²) in [6.07, 6.45) is 0. The predicted molar refractivity (Wildman–Crippen MR) is 66.1 cm³/mol. The molecule has 1 amide bonds. The third-order valence-electron chi connectivity index (χ3n) is 2.32. The molecule has 0 aliphatic rings. The van der Waals surface area contributed by atoms with Crippen molar-refractivity contribution in [2.75, 3.05) is 5.32 Å². The number of hydrogen-bond donors (Lipinski definition) is 1. The lowest BCUT2D eigenvalue weighted by Gasteiger charge is -2.19. The fourth-order valence-corrected chi connectivity index (χ4v) is 1.60. The van der Waals surface area contributed by atoms with Gasteiger partial charge in [0.1, 0.15) is 0 Å². The van der Waals surface area contributed by atoms with Crippen LogP contribution in [-0.4, -0.2) is 10.8 Å². The normalized spacial score (nSPS) is 11.1. The van der Waals surface area contributed by atoms with Crippen LogP contribution in [0.15, 0.2) is 18.2 Å². The Labute approximate surface area is 100.0 Å². The Balaban J connectivity index is 3.27. The first-order valence-electron chi connectivity index (χ1n) is 5.28. The molecule has 0 unspecified atom stereocenters. The van der Waals surface area contributed by atoms with E-state index >= 15 is 0 Å². The van der Waals surface area contributed by atoms with E-state index in [1.54, 1.807) is 12.1 Å². The van der Waals surface area contributed by atoms with E-state index in [0.29, 0.717) is 11.3 Å². The molecule has 1 rings (SSSR count). The molecular formula is C12H16N2O3. The molecule has 0 atom stereocenters. The van der Waals surface area contributed by atoms with Crippen LogP contribution in [0.5, 0.6) is 0 Å². The minimum absolute atomic E-state index is 0.0313. The highest BCUT2D eigenvalue weighted by atomic mass is 16.6. The van der Waals surface area contributed by atoms with Crippen LogP contribution in [0.2, 0.25) is 0 Å². The van der Waals surface area contributed by atoms with E-state index in [0.717, 1.165) is 0 Å². The van der Waals surface area contributed by atoms with Gasteiger partial charge in [0.15, 0.2) is 0 Å². The third-order valence-corrected chi connectivity index (χ3v) is 2.32. The van der Waals surface area contributed by atoms with Gasteiger partial charge in [-0.1, -0.05) is 20.8 Å². The van der Waals surface area contributed by atoms with Crippen molar-refractivity contribution in [1.82, 2.24) is 0 Å². The second kappa shape index (κ2) is 4.53. The molecule has 0 aromatic heterocycles. The largest absolute Gasteiger partial charge is 0.326 e. The van der Waals surface area contributed by atoms with E-state index in [1.807, 2.05) is 20.8 Å². The first kappa shape index (κ1) is 13.2. The monoisotopic (exact) mass is 236 g/mol. The van der Waals surface area contributed by atoms with Crippen LogP contribution in [0.1, 0.15) is 33.3 Å². The lowest BCUT2D eigenvalue weighted by Crippen LogP contribution is -2.14. The first-order chi connectivity index (χ1) is 7.71. The Hall–Kier alpha value is -1.91. The highest BCUT2D eigenvalue weighted by molar-refractivity contribution is 5.89. The van der Waals surface area contributed by atoms with Gasteiger partial charge in [0.25, 0.3) is 5.69 Å². The summed E-state index contributed by atoms with van der Waals surface area (Å²) in [5, 5.41) is 13.5. The number of nitrogens with one attached hydrogen (secondary N) is 1. The molecule has 0 aliphatic heterocycles. The molecular weight excluding hydrogens is 220 g/mol. The molecule has 5 nitrogen and oxygen atoms in total. The molecule has 0 bridgehead atoms. The highest BCUT2D eigenvalue weighted by Gasteiger charge is 2.24. The number of carbonyl (C=O) groups excluding carboxylic acids is 1. The average molecular weight is 236 g/mol. The molecule has 1 aromatic rings. The SMILES string of the molecule is CC(=O)Nc1ccc(C(C)(C)C)c([N+](=O)[O-])c1. The number of rotatable bonds is 2. The van der Waals surface area contributed by atoms with Gasteiger partial charge in [0.05, 0.1) is 4.92 Å². The molecule has 0 saturated carbocycles. The van der Waals surface area contributed by atoms with Crippen LogP contribution in [0.3, 0.4) is 0 Å². The van der Waals surface area contributed by atoms with Gasteiger partial charge in [-0.3, -0.25) is 14.9 Å². The summed E-state index contributed by atoms with van der Waals surface area (Å²) in [5.41, 5.74) is 0.814. The highest BCUT2D eigenvalue weighted by Crippen LogP contribution is 2.33. The lowest BCUT2D eigenvalue weighted by molar-refractivity contribution is -0.385. The number of nitro benzene ring substituents is 1. The number of hydrogen-bond acceptors (Lipinski definition) is 3. The van der Waals surface area contributed by atoms with Crippen LogP contribution in [0.25, 0.3) is 0 Å². The number of nitro groups is 1. The van der Waals surface area contributed by atoms with Crippen molar-refractivity contribution in [1.29, 1.82) is 0 Å². The molecule has 92 valence electrons. The second-order valence-corrected chi connectivity index (χ2v) is 4.92. The average Bonchev–Trinajstić information content (AvgIpc) is 2.14. The fourth-order valence-electron chi connectivity index (χ4n) is 1.60. The van der Waals surface area contributed by atoms with E-state index < -0.39 is 4.92 Å². The van der Waals surface area contributed by atoms with Crippen molar-refractivity contribution >= 4 is 17.3 Å².